The lowest BCUT2D eigenvalue weighted by Crippen LogP contribution is -2.33. The predicted molar refractivity (Wildman–Crippen MR) is 70.9 cm³/mol. The number of ether oxygens (including phenoxy) is 1. The summed E-state index contributed by atoms with van der Waals surface area (Å²) in [5.74, 6) is 6.70. The van der Waals surface area contributed by atoms with Gasteiger partial charge >= 0.3 is 0 Å². The van der Waals surface area contributed by atoms with E-state index < -0.39 is 0 Å². The minimum Gasteiger partial charge on any atom is -0.381 e. The Morgan fingerprint density at radius 1 is 1.33 bits per heavy atom. The van der Waals surface area contributed by atoms with E-state index in [-0.39, 0.29) is 11.4 Å². The van der Waals surface area contributed by atoms with Crippen molar-refractivity contribution in [1.82, 2.24) is 9.97 Å². The van der Waals surface area contributed by atoms with E-state index in [4.69, 9.17) is 16.3 Å². The number of nitrogens with zero attached hydrogens (tertiary/aromatic N) is 2. The first kappa shape index (κ1) is 12.8. The van der Waals surface area contributed by atoms with Crippen molar-refractivity contribution in [3.8, 4) is 0 Å². The summed E-state index contributed by atoms with van der Waals surface area (Å²) in [5, 5.41) is 3.29. The van der Waals surface area contributed by atoms with Crippen LogP contribution >= 0.6 is 0 Å². The summed E-state index contributed by atoms with van der Waals surface area (Å²) in [6, 6.07) is 1.74. The van der Waals surface area contributed by atoms with Crippen molar-refractivity contribution in [1.29, 1.82) is 0 Å². The lowest BCUT2D eigenvalue weighted by atomic mass is 9.82. The van der Waals surface area contributed by atoms with Crippen molar-refractivity contribution in [3.63, 3.8) is 0 Å². The quantitative estimate of drug-likeness (QED) is 0.458. The number of anilines is 3. The molecule has 0 bridgehead atoms. The Morgan fingerprint density at radius 3 is 2.67 bits per heavy atom. The van der Waals surface area contributed by atoms with Gasteiger partial charge in [-0.3, -0.25) is 0 Å². The average molecular weight is 252 g/mol. The molecule has 2 heterocycles. The molecule has 1 aliphatic rings. The van der Waals surface area contributed by atoms with Crippen molar-refractivity contribution in [2.24, 2.45) is 11.3 Å². The highest BCUT2D eigenvalue weighted by atomic mass is 16.5. The Morgan fingerprint density at radius 2 is 2.00 bits per heavy atom. The van der Waals surface area contributed by atoms with E-state index in [0.717, 1.165) is 32.6 Å². The van der Waals surface area contributed by atoms with Gasteiger partial charge in [0.05, 0.1) is 0 Å². The van der Waals surface area contributed by atoms with E-state index in [2.05, 4.69) is 27.6 Å². The average Bonchev–Trinajstić information content (AvgIpc) is 2.37. The molecule has 0 unspecified atom stereocenters. The van der Waals surface area contributed by atoms with Gasteiger partial charge in [0.2, 0.25) is 5.95 Å². The molecule has 18 heavy (non-hydrogen) atoms. The number of nitrogens with one attached hydrogen (secondary N) is 2. The zero-order valence-electron chi connectivity index (χ0n) is 10.6. The number of rotatable bonds is 4. The Hall–Kier alpha value is -1.60. The van der Waals surface area contributed by atoms with E-state index in [1.807, 2.05) is 0 Å². The monoisotopic (exact) mass is 252 g/mol. The predicted octanol–water partition coefficient (Wildman–Crippen LogP) is 0.573. The van der Waals surface area contributed by atoms with Crippen molar-refractivity contribution in [2.45, 2.75) is 19.8 Å². The van der Waals surface area contributed by atoms with Crippen molar-refractivity contribution < 1.29 is 4.74 Å². The molecule has 0 aliphatic carbocycles. The molecule has 2 rings (SSSR count). The van der Waals surface area contributed by atoms with Gasteiger partial charge in [-0.25, -0.2) is 5.84 Å². The highest BCUT2D eigenvalue weighted by Crippen LogP contribution is 2.29. The first-order valence-corrected chi connectivity index (χ1v) is 6.04. The molecule has 0 amide bonds. The molecule has 1 aliphatic heterocycles. The molecule has 7 nitrogen and oxygen atoms in total. The zero-order chi connectivity index (χ0) is 13.0. The molecule has 1 aromatic heterocycles. The minimum absolute atomic E-state index is 0.199. The normalized spacial score (nSPS) is 18.3. The van der Waals surface area contributed by atoms with Gasteiger partial charge < -0.3 is 21.2 Å². The summed E-state index contributed by atoms with van der Waals surface area (Å²) in [4.78, 5) is 8.06. The van der Waals surface area contributed by atoms with E-state index in [0.29, 0.717) is 11.6 Å². The third-order valence-electron chi connectivity index (χ3n) is 3.29. The second kappa shape index (κ2) is 5.36. The van der Waals surface area contributed by atoms with Crippen LogP contribution in [0.1, 0.15) is 19.8 Å². The first-order valence-electron chi connectivity index (χ1n) is 6.04. The fourth-order valence-corrected chi connectivity index (χ4v) is 1.98. The summed E-state index contributed by atoms with van der Waals surface area (Å²) in [6.45, 7) is 4.71. The molecular weight excluding hydrogens is 232 g/mol. The smallest absolute Gasteiger partial charge is 0.223 e. The largest absolute Gasteiger partial charge is 0.381 e. The minimum atomic E-state index is 0.199. The molecule has 100 valence electrons. The molecule has 1 saturated heterocycles. The maximum absolute atomic E-state index is 5.60. The third-order valence-corrected chi connectivity index (χ3v) is 3.29. The topological polar surface area (TPSA) is 111 Å². The van der Waals surface area contributed by atoms with Crippen LogP contribution in [0.4, 0.5) is 17.6 Å². The van der Waals surface area contributed by atoms with Gasteiger partial charge in [0.1, 0.15) is 11.6 Å². The molecule has 6 N–H and O–H groups in total. The van der Waals surface area contributed by atoms with E-state index in [9.17, 15) is 0 Å². The standard InChI is InChI=1S/C11H20N6O/c1-11(2-4-18-5-3-11)7-14-8-6-9(17-13)16-10(12)15-8/h6H,2-5,7,13H2,1H3,(H4,12,14,15,16,17). The van der Waals surface area contributed by atoms with Crippen LogP contribution in [0.3, 0.4) is 0 Å². The van der Waals surface area contributed by atoms with E-state index in [1.165, 1.54) is 0 Å². The van der Waals surface area contributed by atoms with Gasteiger partial charge in [-0.1, -0.05) is 6.92 Å². The van der Waals surface area contributed by atoms with Crippen molar-refractivity contribution >= 4 is 17.6 Å². The van der Waals surface area contributed by atoms with Gasteiger partial charge in [0.15, 0.2) is 0 Å². The van der Waals surface area contributed by atoms with Crippen molar-refractivity contribution in [3.05, 3.63) is 6.07 Å². The molecule has 1 aromatic rings. The highest BCUT2D eigenvalue weighted by molar-refractivity contribution is 5.50. The van der Waals surface area contributed by atoms with Crippen LogP contribution in [-0.4, -0.2) is 29.7 Å². The van der Waals surface area contributed by atoms with Crippen LogP contribution in [0.15, 0.2) is 6.07 Å². The van der Waals surface area contributed by atoms with Crippen LogP contribution in [0, 0.1) is 5.41 Å². The van der Waals surface area contributed by atoms with Crippen LogP contribution in [-0.2, 0) is 4.74 Å². The maximum atomic E-state index is 5.60. The van der Waals surface area contributed by atoms with E-state index in [1.54, 1.807) is 6.07 Å². The summed E-state index contributed by atoms with van der Waals surface area (Å²) in [6.07, 6.45) is 2.09. The first-order chi connectivity index (χ1) is 8.61. The summed E-state index contributed by atoms with van der Waals surface area (Å²) < 4.78 is 5.37. The Kier molecular flexibility index (Phi) is 3.83. The molecule has 0 spiro atoms. The molecule has 1 fully saturated rings. The molecule has 0 saturated carbocycles. The van der Waals surface area contributed by atoms with Gasteiger partial charge in [0.25, 0.3) is 0 Å². The number of hydrogen-bond donors (Lipinski definition) is 4. The number of hydrazine groups is 1. The fraction of sp³-hybridized carbons (Fsp3) is 0.636. The van der Waals surface area contributed by atoms with Crippen LogP contribution in [0.25, 0.3) is 0 Å². The van der Waals surface area contributed by atoms with Crippen LogP contribution in [0.2, 0.25) is 0 Å². The Bertz CT molecular complexity index is 405. The number of nitrogens with two attached hydrogens (primary N) is 2. The Labute approximate surface area is 106 Å². The number of hydrogen-bond acceptors (Lipinski definition) is 7. The van der Waals surface area contributed by atoms with E-state index >= 15 is 0 Å². The molecule has 0 radical (unpaired) electrons. The summed E-state index contributed by atoms with van der Waals surface area (Å²) >= 11 is 0. The van der Waals surface area contributed by atoms with Crippen LogP contribution < -0.4 is 22.3 Å². The second-order valence-corrected chi connectivity index (χ2v) is 4.92. The van der Waals surface area contributed by atoms with Gasteiger partial charge in [0, 0.05) is 25.8 Å². The van der Waals surface area contributed by atoms with Crippen molar-refractivity contribution in [2.75, 3.05) is 36.2 Å². The summed E-state index contributed by atoms with van der Waals surface area (Å²) in [7, 11) is 0. The lowest BCUT2D eigenvalue weighted by molar-refractivity contribution is 0.0300. The van der Waals surface area contributed by atoms with Gasteiger partial charge in [-0.05, 0) is 18.3 Å². The van der Waals surface area contributed by atoms with Crippen LogP contribution in [0.5, 0.6) is 0 Å². The molecule has 0 atom stereocenters. The summed E-state index contributed by atoms with van der Waals surface area (Å²) in [5.41, 5.74) is 8.29. The lowest BCUT2D eigenvalue weighted by Gasteiger charge is -2.33. The third kappa shape index (κ3) is 3.21. The SMILES string of the molecule is CC1(CNc2cc(NN)nc(N)n2)CCOCC1. The van der Waals surface area contributed by atoms with Gasteiger partial charge in [-0.2, -0.15) is 9.97 Å². The Balaban J connectivity index is 1.98. The fourth-order valence-electron chi connectivity index (χ4n) is 1.98. The highest BCUT2D eigenvalue weighted by Gasteiger charge is 2.27. The molecular formula is C11H20N6O. The molecule has 7 heteroatoms. The second-order valence-electron chi connectivity index (χ2n) is 4.92. The molecule has 0 aromatic carbocycles. The number of nitrogen functional groups attached to an aromatic ring is 2. The zero-order valence-corrected chi connectivity index (χ0v) is 10.6. The maximum Gasteiger partial charge on any atom is 0.223 e. The number of aromatic nitrogens is 2. The van der Waals surface area contributed by atoms with Gasteiger partial charge in [-0.15, -0.1) is 0 Å².